The minimum Gasteiger partial charge on any atom is -0.399 e. The van der Waals surface area contributed by atoms with E-state index in [1.54, 1.807) is 0 Å². The second kappa shape index (κ2) is 7.88. The number of aromatic nitrogens is 3. The zero-order valence-electron chi connectivity index (χ0n) is 17.2. The topological polar surface area (TPSA) is 92.1 Å². The highest BCUT2D eigenvalue weighted by molar-refractivity contribution is 5.92. The number of nitrogens with zero attached hydrogens (tertiary/aromatic N) is 3. The fourth-order valence-corrected chi connectivity index (χ4v) is 3.89. The summed E-state index contributed by atoms with van der Waals surface area (Å²) in [7, 11) is 0. The maximum Gasteiger partial charge on any atom is 0.227 e. The van der Waals surface area contributed by atoms with Crippen molar-refractivity contribution in [2.24, 2.45) is 0 Å². The molecule has 1 saturated heterocycles. The first-order valence-electron chi connectivity index (χ1n) is 10.2. The Morgan fingerprint density at radius 2 is 1.90 bits per heavy atom. The monoisotopic (exact) mass is 418 g/mol. The number of aryl methyl sites for hydroxylation is 1. The minimum atomic E-state index is -0.490. The predicted molar refractivity (Wildman–Crippen MR) is 121 cm³/mol. The number of nitrogens with two attached hydrogens (primary N) is 1. The number of nitrogens with one attached hydrogen (secondary N) is 2. The molecule has 31 heavy (non-hydrogen) atoms. The van der Waals surface area contributed by atoms with Crippen molar-refractivity contribution in [2.75, 3.05) is 42.3 Å². The van der Waals surface area contributed by atoms with E-state index in [0.29, 0.717) is 17.3 Å². The first-order valence-corrected chi connectivity index (χ1v) is 10.2. The number of ether oxygens (including phenoxy) is 1. The van der Waals surface area contributed by atoms with Crippen LogP contribution in [0.2, 0.25) is 0 Å². The molecule has 0 unspecified atom stereocenters. The number of H-pyrrole nitrogens is 1. The minimum absolute atomic E-state index is 0.217. The van der Waals surface area contributed by atoms with E-state index in [-0.39, 0.29) is 5.69 Å². The first-order chi connectivity index (χ1) is 15.1. The van der Waals surface area contributed by atoms with Crippen LogP contribution in [-0.2, 0) is 4.74 Å². The van der Waals surface area contributed by atoms with Crippen LogP contribution in [0, 0.1) is 12.7 Å². The smallest absolute Gasteiger partial charge is 0.227 e. The van der Waals surface area contributed by atoms with Gasteiger partial charge in [0, 0.05) is 41.1 Å². The molecule has 1 aliphatic heterocycles. The Bertz CT molecular complexity index is 1230. The van der Waals surface area contributed by atoms with Crippen LogP contribution < -0.4 is 16.0 Å². The number of anilines is 4. The molecule has 1 fully saturated rings. The van der Waals surface area contributed by atoms with Crippen molar-refractivity contribution in [3.8, 4) is 11.4 Å². The Labute approximate surface area is 179 Å². The van der Waals surface area contributed by atoms with Crippen LogP contribution in [0.25, 0.3) is 22.3 Å². The van der Waals surface area contributed by atoms with E-state index >= 15 is 0 Å². The third kappa shape index (κ3) is 3.77. The van der Waals surface area contributed by atoms with Gasteiger partial charge in [-0.05, 0) is 55.0 Å². The number of morpholine rings is 1. The molecule has 2 aromatic heterocycles. The lowest BCUT2D eigenvalue weighted by molar-refractivity contribution is 0.122. The van der Waals surface area contributed by atoms with Gasteiger partial charge in [0.2, 0.25) is 5.95 Å². The molecule has 1 aliphatic rings. The molecule has 7 nitrogen and oxygen atoms in total. The fourth-order valence-electron chi connectivity index (χ4n) is 3.89. The quantitative estimate of drug-likeness (QED) is 0.430. The molecule has 8 heteroatoms. The van der Waals surface area contributed by atoms with Gasteiger partial charge in [-0.25, -0.2) is 14.4 Å². The number of halogens is 1. The van der Waals surface area contributed by atoms with Gasteiger partial charge in [-0.1, -0.05) is 0 Å². The lowest BCUT2D eigenvalue weighted by Crippen LogP contribution is -2.36. The van der Waals surface area contributed by atoms with E-state index in [4.69, 9.17) is 10.5 Å². The van der Waals surface area contributed by atoms with Crippen LogP contribution in [0.3, 0.4) is 0 Å². The number of nitrogen functional groups attached to an aromatic ring is 1. The molecule has 3 heterocycles. The number of aromatic amines is 1. The number of hydrogen-bond acceptors (Lipinski definition) is 6. The fraction of sp³-hybridized carbons (Fsp3) is 0.217. The van der Waals surface area contributed by atoms with Gasteiger partial charge in [-0.15, -0.1) is 0 Å². The molecule has 0 radical (unpaired) electrons. The highest BCUT2D eigenvalue weighted by Gasteiger charge is 2.17. The Morgan fingerprint density at radius 3 is 2.68 bits per heavy atom. The zero-order valence-corrected chi connectivity index (χ0v) is 17.2. The van der Waals surface area contributed by atoms with Gasteiger partial charge >= 0.3 is 0 Å². The molecule has 0 bridgehead atoms. The Morgan fingerprint density at radius 1 is 1.13 bits per heavy atom. The molecule has 0 atom stereocenters. The van der Waals surface area contributed by atoms with Crippen LogP contribution in [0.1, 0.15) is 5.56 Å². The summed E-state index contributed by atoms with van der Waals surface area (Å²) in [5.41, 5.74) is 11.1. The standard InChI is InChI=1S/C23H23FN6O/c1-14-18-12-15(25)2-7-20(18)28-21(14)22-19(24)13-26-23(29-22)27-16-3-5-17(6-4-16)30-8-10-31-11-9-30/h2-7,12-13,28H,8-11,25H2,1H3,(H,26,27,29). The number of hydrogen-bond donors (Lipinski definition) is 3. The zero-order chi connectivity index (χ0) is 21.4. The van der Waals surface area contributed by atoms with Crippen molar-refractivity contribution in [1.29, 1.82) is 0 Å². The maximum absolute atomic E-state index is 14.6. The van der Waals surface area contributed by atoms with Gasteiger partial charge in [0.15, 0.2) is 5.82 Å². The maximum atomic E-state index is 14.6. The Balaban J connectivity index is 1.42. The third-order valence-corrected chi connectivity index (χ3v) is 5.56. The molecule has 4 N–H and O–H groups in total. The SMILES string of the molecule is Cc1c(-c2nc(Nc3ccc(N4CCOCC4)cc3)ncc2F)[nH]c2ccc(N)cc12. The van der Waals surface area contributed by atoms with Crippen molar-refractivity contribution in [2.45, 2.75) is 6.92 Å². The van der Waals surface area contributed by atoms with E-state index in [9.17, 15) is 4.39 Å². The molecule has 0 spiro atoms. The summed E-state index contributed by atoms with van der Waals surface area (Å²) in [5, 5.41) is 4.11. The predicted octanol–water partition coefficient (Wildman–Crippen LogP) is 4.23. The molecular weight excluding hydrogens is 395 g/mol. The second-order valence-corrected chi connectivity index (χ2v) is 7.59. The summed E-state index contributed by atoms with van der Waals surface area (Å²) in [6, 6.07) is 13.6. The summed E-state index contributed by atoms with van der Waals surface area (Å²) in [4.78, 5) is 14.1. The summed E-state index contributed by atoms with van der Waals surface area (Å²) >= 11 is 0. The van der Waals surface area contributed by atoms with E-state index in [1.807, 2.05) is 49.4 Å². The summed E-state index contributed by atoms with van der Waals surface area (Å²) in [6.45, 7) is 5.17. The third-order valence-electron chi connectivity index (χ3n) is 5.56. The number of rotatable bonds is 4. The molecule has 0 amide bonds. The molecule has 5 rings (SSSR count). The van der Waals surface area contributed by atoms with Crippen molar-refractivity contribution in [1.82, 2.24) is 15.0 Å². The van der Waals surface area contributed by atoms with Crippen LogP contribution in [0.4, 0.5) is 27.4 Å². The van der Waals surface area contributed by atoms with Gasteiger partial charge in [0.1, 0.15) is 5.69 Å². The Kier molecular flexibility index (Phi) is 4.91. The second-order valence-electron chi connectivity index (χ2n) is 7.59. The highest BCUT2D eigenvalue weighted by atomic mass is 19.1. The van der Waals surface area contributed by atoms with Crippen molar-refractivity contribution >= 4 is 33.9 Å². The van der Waals surface area contributed by atoms with Crippen LogP contribution in [0.5, 0.6) is 0 Å². The van der Waals surface area contributed by atoms with Gasteiger partial charge < -0.3 is 25.7 Å². The molecule has 0 aliphatic carbocycles. The molecular formula is C23H23FN6O. The Hall–Kier alpha value is -3.65. The van der Waals surface area contributed by atoms with Crippen molar-refractivity contribution in [3.05, 3.63) is 60.0 Å². The first kappa shape index (κ1) is 19.3. The molecule has 4 aromatic rings. The summed E-state index contributed by atoms with van der Waals surface area (Å²) < 4.78 is 20.0. The summed E-state index contributed by atoms with van der Waals surface area (Å²) in [5.74, 6) is -0.163. The highest BCUT2D eigenvalue weighted by Crippen LogP contribution is 2.31. The molecule has 0 saturated carbocycles. The number of benzene rings is 2. The normalized spacial score (nSPS) is 14.2. The van der Waals surface area contributed by atoms with E-state index in [0.717, 1.165) is 54.1 Å². The van der Waals surface area contributed by atoms with E-state index < -0.39 is 5.82 Å². The summed E-state index contributed by atoms with van der Waals surface area (Å²) in [6.07, 6.45) is 1.19. The van der Waals surface area contributed by atoms with Gasteiger partial charge in [0.25, 0.3) is 0 Å². The molecule has 2 aromatic carbocycles. The van der Waals surface area contributed by atoms with Gasteiger partial charge in [0.05, 0.1) is 25.1 Å². The average Bonchev–Trinajstić information content (AvgIpc) is 3.12. The molecule has 158 valence electrons. The average molecular weight is 418 g/mol. The lowest BCUT2D eigenvalue weighted by atomic mass is 10.1. The van der Waals surface area contributed by atoms with Gasteiger partial charge in [-0.3, -0.25) is 0 Å². The van der Waals surface area contributed by atoms with E-state index in [1.165, 1.54) is 6.20 Å². The van der Waals surface area contributed by atoms with E-state index in [2.05, 4.69) is 25.2 Å². The van der Waals surface area contributed by atoms with Gasteiger partial charge in [-0.2, -0.15) is 0 Å². The van der Waals surface area contributed by atoms with Crippen LogP contribution >= 0.6 is 0 Å². The van der Waals surface area contributed by atoms with Crippen LogP contribution in [-0.4, -0.2) is 41.3 Å². The van der Waals surface area contributed by atoms with Crippen molar-refractivity contribution in [3.63, 3.8) is 0 Å². The number of fused-ring (bicyclic) bond motifs is 1. The van der Waals surface area contributed by atoms with Crippen molar-refractivity contribution < 1.29 is 9.13 Å². The van der Waals surface area contributed by atoms with Crippen LogP contribution in [0.15, 0.2) is 48.7 Å². The largest absolute Gasteiger partial charge is 0.399 e. The lowest BCUT2D eigenvalue weighted by Gasteiger charge is -2.28.